The highest BCUT2D eigenvalue weighted by molar-refractivity contribution is 7.89. The first-order chi connectivity index (χ1) is 12.2. The highest BCUT2D eigenvalue weighted by Gasteiger charge is 2.32. The second-order valence-electron chi connectivity index (χ2n) is 6.51. The van der Waals surface area contributed by atoms with Crippen molar-refractivity contribution < 1.29 is 13.2 Å². The first kappa shape index (κ1) is 20.1. The summed E-state index contributed by atoms with van der Waals surface area (Å²) in [6.45, 7) is 9.19. The number of likely N-dealkylation sites (N-methyl/N-ethyl adjacent to an activating group) is 1. The summed E-state index contributed by atoms with van der Waals surface area (Å²) in [6.07, 6.45) is 0. The Morgan fingerprint density at radius 3 is 2.15 bits per heavy atom. The Bertz CT molecular complexity index is 890. The molecule has 2 aromatic carbocycles. The Morgan fingerprint density at radius 2 is 1.62 bits per heavy atom. The monoisotopic (exact) mass is 374 g/mol. The summed E-state index contributed by atoms with van der Waals surface area (Å²) < 4.78 is 27.4. The number of nitrogens with one attached hydrogen (secondary N) is 1. The summed E-state index contributed by atoms with van der Waals surface area (Å²) >= 11 is 0. The van der Waals surface area contributed by atoms with Gasteiger partial charge in [-0.3, -0.25) is 4.79 Å². The molecule has 0 saturated carbocycles. The number of sulfonamides is 1. The zero-order valence-corrected chi connectivity index (χ0v) is 16.7. The summed E-state index contributed by atoms with van der Waals surface area (Å²) in [5.41, 5.74) is 3.40. The molecule has 0 radical (unpaired) electrons. The minimum Gasteiger partial charge on any atom is -0.325 e. The maximum absolute atomic E-state index is 13.1. The predicted molar refractivity (Wildman–Crippen MR) is 105 cm³/mol. The molecule has 6 heteroatoms. The molecule has 0 bridgehead atoms. The number of nitrogens with zero attached hydrogens (tertiary/aromatic N) is 1. The zero-order chi connectivity index (χ0) is 19.5. The molecule has 0 fully saturated rings. The molecule has 1 N–H and O–H groups in total. The van der Waals surface area contributed by atoms with Gasteiger partial charge in [0.25, 0.3) is 0 Å². The van der Waals surface area contributed by atoms with Gasteiger partial charge in [-0.25, -0.2) is 8.42 Å². The van der Waals surface area contributed by atoms with E-state index in [1.807, 2.05) is 32.0 Å². The number of rotatable bonds is 6. The standard InChI is InChI=1S/C20H26N2O3S/c1-6-22(26(24,25)19-12-9-15(3)13-16(19)4)17(5)20(23)21-18-10-7-14(2)8-11-18/h7-13,17H,6H2,1-5H3,(H,21,23)/t17-/m0/s1. The van der Waals surface area contributed by atoms with Gasteiger partial charge in [-0.1, -0.05) is 42.3 Å². The number of aryl methyl sites for hydroxylation is 3. The van der Waals surface area contributed by atoms with Crippen LogP contribution in [-0.4, -0.2) is 31.2 Å². The van der Waals surface area contributed by atoms with Gasteiger partial charge in [-0.05, 0) is 51.5 Å². The first-order valence-corrected chi connectivity index (χ1v) is 10.1. The van der Waals surface area contributed by atoms with Gasteiger partial charge >= 0.3 is 0 Å². The minimum absolute atomic E-state index is 0.206. The number of carbonyl (C=O) groups is 1. The number of benzene rings is 2. The molecule has 140 valence electrons. The highest BCUT2D eigenvalue weighted by Crippen LogP contribution is 2.23. The van der Waals surface area contributed by atoms with Gasteiger partial charge in [0.15, 0.2) is 0 Å². The second-order valence-corrected chi connectivity index (χ2v) is 8.37. The lowest BCUT2D eigenvalue weighted by Crippen LogP contribution is -2.45. The smallest absolute Gasteiger partial charge is 0.244 e. The molecule has 0 aliphatic carbocycles. The quantitative estimate of drug-likeness (QED) is 0.839. The molecule has 0 aliphatic rings. The fourth-order valence-corrected chi connectivity index (χ4v) is 4.69. The van der Waals surface area contributed by atoms with E-state index >= 15 is 0 Å². The van der Waals surface area contributed by atoms with Crippen molar-refractivity contribution in [2.45, 2.75) is 45.6 Å². The molecule has 2 aromatic rings. The van der Waals surface area contributed by atoms with E-state index in [0.717, 1.165) is 11.1 Å². The molecular formula is C20H26N2O3S. The van der Waals surface area contributed by atoms with Crippen molar-refractivity contribution in [3.63, 3.8) is 0 Å². The third-order valence-corrected chi connectivity index (χ3v) is 6.57. The number of hydrogen-bond donors (Lipinski definition) is 1. The van der Waals surface area contributed by atoms with Crippen LogP contribution in [0.5, 0.6) is 0 Å². The average Bonchev–Trinajstić information content (AvgIpc) is 2.56. The van der Waals surface area contributed by atoms with Crippen molar-refractivity contribution in [3.8, 4) is 0 Å². The third kappa shape index (κ3) is 4.31. The van der Waals surface area contributed by atoms with Crippen molar-refractivity contribution >= 4 is 21.6 Å². The molecule has 0 spiro atoms. The lowest BCUT2D eigenvalue weighted by Gasteiger charge is -2.27. The van der Waals surface area contributed by atoms with Gasteiger partial charge < -0.3 is 5.32 Å². The number of anilines is 1. The SMILES string of the molecule is CCN([C@@H](C)C(=O)Nc1ccc(C)cc1)S(=O)(=O)c1ccc(C)cc1C. The van der Waals surface area contributed by atoms with Crippen LogP contribution in [0.25, 0.3) is 0 Å². The molecule has 0 unspecified atom stereocenters. The predicted octanol–water partition coefficient (Wildman–Crippen LogP) is 3.65. The maximum atomic E-state index is 13.1. The van der Waals surface area contributed by atoms with Gasteiger partial charge in [0.05, 0.1) is 4.90 Å². The van der Waals surface area contributed by atoms with Crippen LogP contribution in [0.1, 0.15) is 30.5 Å². The van der Waals surface area contributed by atoms with Gasteiger partial charge in [0.2, 0.25) is 15.9 Å². The van der Waals surface area contributed by atoms with Crippen LogP contribution in [0.15, 0.2) is 47.4 Å². The molecule has 5 nitrogen and oxygen atoms in total. The lowest BCUT2D eigenvalue weighted by atomic mass is 10.2. The third-order valence-electron chi connectivity index (χ3n) is 4.36. The fourth-order valence-electron chi connectivity index (χ4n) is 2.88. The van der Waals surface area contributed by atoms with Crippen molar-refractivity contribution in [2.24, 2.45) is 0 Å². The molecular weight excluding hydrogens is 348 g/mol. The normalized spacial score (nSPS) is 12.8. The lowest BCUT2D eigenvalue weighted by molar-refractivity contribution is -0.119. The van der Waals surface area contributed by atoms with E-state index in [-0.39, 0.29) is 17.3 Å². The summed E-state index contributed by atoms with van der Waals surface area (Å²) in [4.78, 5) is 12.8. The molecule has 0 aromatic heterocycles. The zero-order valence-electron chi connectivity index (χ0n) is 15.9. The Balaban J connectivity index is 2.27. The Morgan fingerprint density at radius 1 is 1.04 bits per heavy atom. The topological polar surface area (TPSA) is 66.5 Å². The molecule has 26 heavy (non-hydrogen) atoms. The van der Waals surface area contributed by atoms with E-state index in [9.17, 15) is 13.2 Å². The van der Waals surface area contributed by atoms with Crippen molar-refractivity contribution in [2.75, 3.05) is 11.9 Å². The van der Waals surface area contributed by atoms with Crippen molar-refractivity contribution in [1.82, 2.24) is 4.31 Å². The van der Waals surface area contributed by atoms with Crippen LogP contribution in [-0.2, 0) is 14.8 Å². The van der Waals surface area contributed by atoms with E-state index in [1.54, 1.807) is 45.0 Å². The van der Waals surface area contributed by atoms with E-state index in [2.05, 4.69) is 5.32 Å². The van der Waals surface area contributed by atoms with Gasteiger partial charge in [0.1, 0.15) is 6.04 Å². The summed E-state index contributed by atoms with van der Waals surface area (Å²) in [6, 6.07) is 11.8. The van der Waals surface area contributed by atoms with Crippen molar-refractivity contribution in [3.05, 3.63) is 59.2 Å². The first-order valence-electron chi connectivity index (χ1n) is 8.63. The van der Waals surface area contributed by atoms with Crippen molar-refractivity contribution in [1.29, 1.82) is 0 Å². The molecule has 1 amide bonds. The van der Waals surface area contributed by atoms with Crippen LogP contribution in [0.4, 0.5) is 5.69 Å². The minimum atomic E-state index is -3.77. The largest absolute Gasteiger partial charge is 0.325 e. The van der Waals surface area contributed by atoms with E-state index in [0.29, 0.717) is 11.3 Å². The number of amides is 1. The Kier molecular flexibility index (Phi) is 6.21. The molecule has 1 atom stereocenters. The molecule has 0 saturated heterocycles. The van der Waals surface area contributed by atoms with Crippen LogP contribution in [0.2, 0.25) is 0 Å². The van der Waals surface area contributed by atoms with Gasteiger partial charge in [0, 0.05) is 12.2 Å². The number of hydrogen-bond acceptors (Lipinski definition) is 3. The van der Waals surface area contributed by atoms with Crippen LogP contribution >= 0.6 is 0 Å². The summed E-state index contributed by atoms with van der Waals surface area (Å²) in [7, 11) is -3.77. The maximum Gasteiger partial charge on any atom is 0.244 e. The van der Waals surface area contributed by atoms with Crippen LogP contribution in [0.3, 0.4) is 0 Å². The number of carbonyl (C=O) groups excluding carboxylic acids is 1. The van der Waals surface area contributed by atoms with E-state index < -0.39 is 16.1 Å². The van der Waals surface area contributed by atoms with E-state index in [4.69, 9.17) is 0 Å². The van der Waals surface area contributed by atoms with Crippen LogP contribution in [0, 0.1) is 20.8 Å². The molecule has 0 heterocycles. The van der Waals surface area contributed by atoms with Gasteiger partial charge in [-0.15, -0.1) is 0 Å². The van der Waals surface area contributed by atoms with Gasteiger partial charge in [-0.2, -0.15) is 4.31 Å². The summed E-state index contributed by atoms with van der Waals surface area (Å²) in [5, 5.41) is 2.79. The summed E-state index contributed by atoms with van der Waals surface area (Å²) in [5.74, 6) is -0.357. The fraction of sp³-hybridized carbons (Fsp3) is 0.350. The Labute approximate surface area is 156 Å². The second kappa shape index (κ2) is 8.01. The van der Waals surface area contributed by atoms with E-state index in [1.165, 1.54) is 4.31 Å². The molecule has 0 aliphatic heterocycles. The highest BCUT2D eigenvalue weighted by atomic mass is 32.2. The van der Waals surface area contributed by atoms with Crippen LogP contribution < -0.4 is 5.32 Å². The average molecular weight is 375 g/mol. The molecule has 2 rings (SSSR count). The Hall–Kier alpha value is -2.18.